The Morgan fingerprint density at radius 1 is 1.14 bits per heavy atom. The average molecular weight is 371 g/mol. The second-order valence-corrected chi connectivity index (χ2v) is 8.38. The maximum atomic E-state index is 8.34. The van der Waals surface area contributed by atoms with E-state index >= 15 is 0 Å². The molecule has 28 heavy (non-hydrogen) atoms. The van der Waals surface area contributed by atoms with Crippen molar-refractivity contribution >= 4 is 27.9 Å². The molecule has 0 unspecified atom stereocenters. The van der Waals surface area contributed by atoms with Gasteiger partial charge in [0, 0.05) is 26.7 Å². The Bertz CT molecular complexity index is 1490. The van der Waals surface area contributed by atoms with Crippen LogP contribution in [-0.2, 0) is 10.8 Å². The van der Waals surface area contributed by atoms with Crippen molar-refractivity contribution in [1.82, 2.24) is 9.97 Å². The summed E-state index contributed by atoms with van der Waals surface area (Å²) < 4.78 is 38.8. The van der Waals surface area contributed by atoms with Gasteiger partial charge in [-0.15, -0.1) is 0 Å². The molecule has 4 heteroatoms. The molecular weight excluding hydrogens is 346 g/mol. The fraction of sp³-hybridized carbons (Fsp3) is 0.292. The van der Waals surface area contributed by atoms with E-state index < -0.39 is 17.7 Å². The van der Waals surface area contributed by atoms with E-state index in [4.69, 9.17) is 16.5 Å². The highest BCUT2D eigenvalue weighted by atomic mass is 16.3. The lowest BCUT2D eigenvalue weighted by molar-refractivity contribution is 0.297. The summed E-state index contributed by atoms with van der Waals surface area (Å²) in [5, 5.41) is 1.61. The summed E-state index contributed by atoms with van der Waals surface area (Å²) in [7, 11) is 0. The summed E-state index contributed by atoms with van der Waals surface area (Å²) in [6.07, 6.45) is 1.33. The van der Waals surface area contributed by atoms with E-state index in [9.17, 15) is 0 Å². The third-order valence-electron chi connectivity index (χ3n) is 6.58. The molecular formula is C24H21N3O. The predicted molar refractivity (Wildman–Crippen MR) is 112 cm³/mol. The zero-order chi connectivity index (χ0) is 23.2. The first-order chi connectivity index (χ1) is 14.9. The minimum Gasteiger partial charge on any atom is -0.420 e. The average Bonchev–Trinajstić information content (AvgIpc) is 3.07. The van der Waals surface area contributed by atoms with E-state index in [1.807, 2.05) is 32.0 Å². The number of nitrogens with zero attached hydrogens (tertiary/aromatic N) is 3. The van der Waals surface area contributed by atoms with Gasteiger partial charge in [-0.2, -0.15) is 0 Å². The second kappa shape index (κ2) is 5.20. The molecule has 0 radical (unpaired) electrons. The van der Waals surface area contributed by atoms with Gasteiger partial charge in [0.1, 0.15) is 5.58 Å². The predicted octanol–water partition coefficient (Wildman–Crippen LogP) is 6.47. The first kappa shape index (κ1) is 13.1. The van der Waals surface area contributed by atoms with Gasteiger partial charge in [0.15, 0.2) is 0 Å². The molecule has 0 aliphatic heterocycles. The Morgan fingerprint density at radius 3 is 2.71 bits per heavy atom. The minimum atomic E-state index is -2.43. The zero-order valence-corrected chi connectivity index (χ0v) is 16.1. The number of hydrogen-bond acceptors (Lipinski definition) is 3. The molecule has 0 saturated heterocycles. The summed E-state index contributed by atoms with van der Waals surface area (Å²) in [4.78, 5) is 12.2. The molecule has 0 bridgehead atoms. The summed E-state index contributed by atoms with van der Waals surface area (Å²) >= 11 is 0. The fourth-order valence-corrected chi connectivity index (χ4v) is 4.35. The topological polar surface area (TPSA) is 43.3 Å². The molecule has 0 atom stereocenters. The van der Waals surface area contributed by atoms with Crippen LogP contribution in [0.4, 0.5) is 5.82 Å². The van der Waals surface area contributed by atoms with Crippen LogP contribution >= 0.6 is 0 Å². The van der Waals surface area contributed by atoms with Crippen molar-refractivity contribution in [3.05, 3.63) is 64.6 Å². The molecule has 1 aromatic carbocycles. The molecule has 4 aromatic rings. The van der Waals surface area contributed by atoms with E-state index in [-0.39, 0.29) is 17.4 Å². The number of hydrogen-bond donors (Lipinski definition) is 0. The molecule has 5 rings (SSSR count). The summed E-state index contributed by atoms with van der Waals surface area (Å²) in [5.74, 6) is 0.264. The number of rotatable bonds is 0. The van der Waals surface area contributed by atoms with Crippen molar-refractivity contribution in [3.63, 3.8) is 0 Å². The first-order valence-electron chi connectivity index (χ1n) is 11.1. The van der Waals surface area contributed by atoms with Gasteiger partial charge in [-0.1, -0.05) is 45.3 Å². The van der Waals surface area contributed by atoms with Crippen LogP contribution < -0.4 is 0 Å². The summed E-state index contributed by atoms with van der Waals surface area (Å²) in [5.41, 5.74) is 3.04. The Hall–Kier alpha value is -3.19. The van der Waals surface area contributed by atoms with Crippen LogP contribution in [0.2, 0.25) is 0 Å². The van der Waals surface area contributed by atoms with Crippen LogP contribution in [0.15, 0.2) is 40.9 Å². The summed E-state index contributed by atoms with van der Waals surface area (Å²) in [6, 6.07) is 7.37. The van der Waals surface area contributed by atoms with Crippen molar-refractivity contribution < 1.29 is 9.90 Å². The molecule has 0 saturated carbocycles. The molecule has 3 aromatic heterocycles. The highest BCUT2D eigenvalue weighted by Crippen LogP contribution is 2.55. The Balaban J connectivity index is 1.94. The lowest BCUT2D eigenvalue weighted by Gasteiger charge is -2.48. The number of fused-ring (bicyclic) bond motifs is 6. The second-order valence-electron chi connectivity index (χ2n) is 8.38. The van der Waals surface area contributed by atoms with Crippen LogP contribution in [-0.4, -0.2) is 9.97 Å². The molecule has 1 aliphatic carbocycles. The van der Waals surface area contributed by atoms with Crippen molar-refractivity contribution in [2.75, 3.05) is 0 Å². The number of furan rings is 1. The number of benzene rings is 1. The quantitative estimate of drug-likeness (QED) is 0.333. The summed E-state index contributed by atoms with van der Waals surface area (Å²) in [6.45, 7) is 13.0. The van der Waals surface area contributed by atoms with Crippen molar-refractivity contribution in [3.8, 4) is 11.3 Å². The molecule has 0 amide bonds. The van der Waals surface area contributed by atoms with Crippen molar-refractivity contribution in [2.24, 2.45) is 0 Å². The lowest BCUT2D eigenvalue weighted by atomic mass is 9.55. The van der Waals surface area contributed by atoms with Crippen LogP contribution in [0.25, 0.3) is 38.2 Å². The Kier molecular flexibility index (Phi) is 2.43. The minimum absolute atomic E-state index is 0.0618. The van der Waals surface area contributed by atoms with E-state index in [2.05, 4.69) is 28.7 Å². The Labute approximate surface area is 169 Å². The monoisotopic (exact) mass is 371 g/mol. The van der Waals surface area contributed by atoms with Gasteiger partial charge in [-0.3, -0.25) is 4.98 Å². The molecule has 0 spiro atoms. The van der Waals surface area contributed by atoms with Gasteiger partial charge in [0.2, 0.25) is 0 Å². The molecule has 0 N–H and O–H groups in total. The van der Waals surface area contributed by atoms with Crippen LogP contribution in [0.1, 0.15) is 49.9 Å². The fourth-order valence-electron chi connectivity index (χ4n) is 4.35. The van der Waals surface area contributed by atoms with Crippen molar-refractivity contribution in [2.45, 2.75) is 45.4 Å². The van der Waals surface area contributed by atoms with Crippen LogP contribution in [0, 0.1) is 13.4 Å². The lowest BCUT2D eigenvalue weighted by Crippen LogP contribution is -2.44. The van der Waals surface area contributed by atoms with Gasteiger partial charge in [-0.25, -0.2) is 0 Å². The third kappa shape index (κ3) is 1.94. The molecule has 0 fully saturated rings. The van der Waals surface area contributed by atoms with Gasteiger partial charge in [0.05, 0.1) is 12.5 Å². The Morgan fingerprint density at radius 2 is 1.96 bits per heavy atom. The zero-order valence-electron chi connectivity index (χ0n) is 20.1. The number of pyridine rings is 2. The highest BCUT2D eigenvalue weighted by Gasteiger charge is 2.47. The van der Waals surface area contributed by atoms with Crippen molar-refractivity contribution in [1.29, 1.82) is 0 Å². The van der Waals surface area contributed by atoms with E-state index in [1.54, 1.807) is 6.07 Å². The highest BCUT2D eigenvalue weighted by molar-refractivity contribution is 6.06. The molecule has 138 valence electrons. The van der Waals surface area contributed by atoms with Gasteiger partial charge in [0.25, 0.3) is 5.82 Å². The van der Waals surface area contributed by atoms with Gasteiger partial charge in [-0.05, 0) is 53.2 Å². The third-order valence-corrected chi connectivity index (χ3v) is 6.58. The molecule has 3 heterocycles. The smallest absolute Gasteiger partial charge is 0.322 e. The maximum absolute atomic E-state index is 8.34. The first-order valence-corrected chi connectivity index (χ1v) is 9.14. The maximum Gasteiger partial charge on any atom is 0.322 e. The standard InChI is InChI=1S/C24H21N3O/c1-13-9-10-26-21-16-11-15-14-7-8-19(25-6)27-22(14)28-18(15)12-17(16)23(2,3)24(4,5)20(13)21/h7-12H,1-5H3/i1D3,9D. The largest absolute Gasteiger partial charge is 0.420 e. The van der Waals surface area contributed by atoms with E-state index in [0.29, 0.717) is 22.6 Å². The molecule has 1 aliphatic rings. The molecule has 4 nitrogen and oxygen atoms in total. The van der Waals surface area contributed by atoms with E-state index in [0.717, 1.165) is 21.9 Å². The van der Waals surface area contributed by atoms with Gasteiger partial charge < -0.3 is 9.26 Å². The normalized spacial score (nSPS) is 19.1. The van der Waals surface area contributed by atoms with E-state index in [1.165, 1.54) is 6.20 Å². The van der Waals surface area contributed by atoms with Gasteiger partial charge >= 0.3 is 5.71 Å². The number of aromatic nitrogens is 2. The SMILES string of the molecule is [2H]c1cnc2c(c1C([2H])([2H])[2H])C(C)(C)C(C)(C)c1cc3oc4nc([N+]#[C-])ccc4c3cc1-2. The van der Waals surface area contributed by atoms with Crippen LogP contribution in [0.5, 0.6) is 0 Å². The van der Waals surface area contributed by atoms with Crippen LogP contribution in [0.3, 0.4) is 0 Å².